The van der Waals surface area contributed by atoms with Crippen molar-refractivity contribution >= 4 is 0 Å². The summed E-state index contributed by atoms with van der Waals surface area (Å²) in [6, 6.07) is 8.57. The monoisotopic (exact) mass is 347 g/mol. The highest BCUT2D eigenvalue weighted by molar-refractivity contribution is 5.66. The third kappa shape index (κ3) is 4.35. The summed E-state index contributed by atoms with van der Waals surface area (Å²) in [5, 5.41) is 9.23. The number of ether oxygens (including phenoxy) is 1. The van der Waals surface area contributed by atoms with Gasteiger partial charge in [0.05, 0.1) is 13.2 Å². The lowest BCUT2D eigenvalue weighted by Gasteiger charge is -2.15. The predicted octanol–water partition coefficient (Wildman–Crippen LogP) is 3.84. The number of halogens is 2. The molecule has 0 radical (unpaired) electrons. The van der Waals surface area contributed by atoms with E-state index in [0.29, 0.717) is 29.4 Å². The minimum atomic E-state index is -0.470. The van der Waals surface area contributed by atoms with Crippen LogP contribution < -0.4 is 4.74 Å². The van der Waals surface area contributed by atoms with Crippen molar-refractivity contribution in [3.63, 3.8) is 0 Å². The quantitative estimate of drug-likeness (QED) is 0.862. The first-order valence-corrected chi connectivity index (χ1v) is 8.64. The zero-order valence-corrected chi connectivity index (χ0v) is 14.3. The van der Waals surface area contributed by atoms with E-state index in [-0.39, 0.29) is 12.2 Å². The van der Waals surface area contributed by atoms with Gasteiger partial charge < -0.3 is 14.7 Å². The van der Waals surface area contributed by atoms with Crippen LogP contribution in [0.1, 0.15) is 18.9 Å². The van der Waals surface area contributed by atoms with Crippen LogP contribution in [0.25, 0.3) is 11.1 Å². The maximum Gasteiger partial charge on any atom is 0.131 e. The molecule has 1 fully saturated rings. The van der Waals surface area contributed by atoms with Crippen LogP contribution in [-0.2, 0) is 6.61 Å². The largest absolute Gasteiger partial charge is 0.493 e. The van der Waals surface area contributed by atoms with E-state index in [2.05, 4.69) is 11.8 Å². The van der Waals surface area contributed by atoms with Crippen LogP contribution >= 0.6 is 0 Å². The molecule has 5 heteroatoms. The van der Waals surface area contributed by atoms with Crippen molar-refractivity contribution in [3.05, 3.63) is 53.6 Å². The van der Waals surface area contributed by atoms with Gasteiger partial charge in [-0.2, -0.15) is 0 Å². The van der Waals surface area contributed by atoms with Gasteiger partial charge in [-0.3, -0.25) is 0 Å². The van der Waals surface area contributed by atoms with Crippen LogP contribution in [-0.4, -0.2) is 36.2 Å². The smallest absolute Gasteiger partial charge is 0.131 e. The van der Waals surface area contributed by atoms with E-state index in [1.165, 1.54) is 30.3 Å². The summed E-state index contributed by atoms with van der Waals surface area (Å²) < 4.78 is 33.9. The number of benzene rings is 2. The zero-order valence-electron chi connectivity index (χ0n) is 14.3. The molecule has 2 aromatic rings. The van der Waals surface area contributed by atoms with Crippen molar-refractivity contribution in [2.45, 2.75) is 20.0 Å². The molecular weight excluding hydrogens is 324 g/mol. The van der Waals surface area contributed by atoms with Gasteiger partial charge in [0.2, 0.25) is 0 Å². The van der Waals surface area contributed by atoms with E-state index in [1.807, 2.05) is 0 Å². The fourth-order valence-electron chi connectivity index (χ4n) is 3.24. The van der Waals surface area contributed by atoms with Crippen molar-refractivity contribution in [1.29, 1.82) is 0 Å². The highest BCUT2D eigenvalue weighted by atomic mass is 19.1. The molecule has 3 nitrogen and oxygen atoms in total. The minimum absolute atomic E-state index is 0.193. The Morgan fingerprint density at radius 2 is 2.04 bits per heavy atom. The van der Waals surface area contributed by atoms with Crippen molar-refractivity contribution in [2.24, 2.45) is 5.92 Å². The molecule has 0 aliphatic carbocycles. The number of aliphatic hydroxyl groups is 1. The summed E-state index contributed by atoms with van der Waals surface area (Å²) in [4.78, 5) is 2.36. The molecule has 3 rings (SSSR count). The summed E-state index contributed by atoms with van der Waals surface area (Å²) in [6.07, 6.45) is 1.07. The van der Waals surface area contributed by atoms with Crippen molar-refractivity contribution in [1.82, 2.24) is 4.90 Å². The summed E-state index contributed by atoms with van der Waals surface area (Å²) in [5.41, 5.74) is 1.24. The number of aliphatic hydroxyl groups excluding tert-OH is 1. The third-order valence-electron chi connectivity index (χ3n) is 4.70. The van der Waals surface area contributed by atoms with Gasteiger partial charge in [0.1, 0.15) is 17.4 Å². The molecular formula is C20H23F2NO2. The standard InChI is InChI=1S/C20H23F2NO2/c1-2-23-6-5-15(11-23)13-25-18-9-16(8-17(21)10-18)19-7-14(12-24)3-4-20(19)22/h3-4,7-10,15,24H,2,5-6,11-13H2,1H3. The lowest BCUT2D eigenvalue weighted by Crippen LogP contribution is -2.21. The molecule has 25 heavy (non-hydrogen) atoms. The van der Waals surface area contributed by atoms with Gasteiger partial charge in [-0.1, -0.05) is 13.0 Å². The van der Waals surface area contributed by atoms with Crippen LogP contribution in [0.5, 0.6) is 5.75 Å². The van der Waals surface area contributed by atoms with Gasteiger partial charge in [-0.25, -0.2) is 8.78 Å². The van der Waals surface area contributed by atoms with Crippen molar-refractivity contribution in [2.75, 3.05) is 26.2 Å². The van der Waals surface area contributed by atoms with Crippen LogP contribution in [0, 0.1) is 17.6 Å². The molecule has 1 saturated heterocycles. The second-order valence-electron chi connectivity index (χ2n) is 6.51. The maximum atomic E-state index is 14.1. The van der Waals surface area contributed by atoms with Crippen LogP contribution in [0.2, 0.25) is 0 Å². The molecule has 2 aromatic carbocycles. The highest BCUT2D eigenvalue weighted by Crippen LogP contribution is 2.29. The van der Waals surface area contributed by atoms with Gasteiger partial charge in [-0.15, -0.1) is 0 Å². The van der Waals surface area contributed by atoms with Gasteiger partial charge in [0, 0.05) is 24.1 Å². The Labute approximate surface area is 146 Å². The molecule has 0 amide bonds. The first-order chi connectivity index (χ1) is 12.1. The first kappa shape index (κ1) is 17.8. The van der Waals surface area contributed by atoms with E-state index < -0.39 is 11.6 Å². The molecule has 1 heterocycles. The third-order valence-corrected chi connectivity index (χ3v) is 4.70. The fourth-order valence-corrected chi connectivity index (χ4v) is 3.24. The summed E-state index contributed by atoms with van der Waals surface area (Å²) >= 11 is 0. The average Bonchev–Trinajstić information content (AvgIpc) is 3.08. The van der Waals surface area contributed by atoms with Crippen LogP contribution in [0.4, 0.5) is 8.78 Å². The van der Waals surface area contributed by atoms with E-state index in [9.17, 15) is 13.9 Å². The molecule has 0 saturated carbocycles. The number of hydrogen-bond acceptors (Lipinski definition) is 3. The lowest BCUT2D eigenvalue weighted by atomic mass is 10.0. The molecule has 1 N–H and O–H groups in total. The summed E-state index contributed by atoms with van der Waals surface area (Å²) in [7, 11) is 0. The number of likely N-dealkylation sites (tertiary alicyclic amines) is 1. The topological polar surface area (TPSA) is 32.7 Å². The zero-order chi connectivity index (χ0) is 17.8. The van der Waals surface area contributed by atoms with E-state index in [1.54, 1.807) is 6.07 Å². The Kier molecular flexibility index (Phi) is 5.66. The van der Waals surface area contributed by atoms with Gasteiger partial charge >= 0.3 is 0 Å². The summed E-state index contributed by atoms with van der Waals surface area (Å²) in [5.74, 6) is -0.0918. The number of hydrogen-bond donors (Lipinski definition) is 1. The SMILES string of the molecule is CCN1CCC(COc2cc(F)cc(-c3cc(CO)ccc3F)c2)C1. The molecule has 134 valence electrons. The Bertz CT molecular complexity index is 736. The molecule has 1 atom stereocenters. The van der Waals surface area contributed by atoms with E-state index >= 15 is 0 Å². The average molecular weight is 347 g/mol. The lowest BCUT2D eigenvalue weighted by molar-refractivity contribution is 0.242. The fraction of sp³-hybridized carbons (Fsp3) is 0.400. The molecule has 1 aliphatic heterocycles. The van der Waals surface area contributed by atoms with Crippen LogP contribution in [0.3, 0.4) is 0 Å². The normalized spacial score (nSPS) is 17.8. The van der Waals surface area contributed by atoms with E-state index in [4.69, 9.17) is 4.74 Å². The second kappa shape index (κ2) is 7.93. The summed E-state index contributed by atoms with van der Waals surface area (Å²) in [6.45, 7) is 5.56. The molecule has 1 aliphatic rings. The number of rotatable bonds is 6. The molecule has 0 spiro atoms. The Balaban J connectivity index is 1.77. The number of nitrogens with zero attached hydrogens (tertiary/aromatic N) is 1. The maximum absolute atomic E-state index is 14.1. The van der Waals surface area contributed by atoms with Crippen molar-refractivity contribution in [3.8, 4) is 16.9 Å². The minimum Gasteiger partial charge on any atom is -0.493 e. The van der Waals surface area contributed by atoms with Gasteiger partial charge in [0.25, 0.3) is 0 Å². The van der Waals surface area contributed by atoms with E-state index in [0.717, 1.165) is 26.1 Å². The Morgan fingerprint density at radius 1 is 1.20 bits per heavy atom. The molecule has 1 unspecified atom stereocenters. The predicted molar refractivity (Wildman–Crippen MR) is 93.4 cm³/mol. The van der Waals surface area contributed by atoms with Gasteiger partial charge in [-0.05, 0) is 54.9 Å². The van der Waals surface area contributed by atoms with Crippen molar-refractivity contribution < 1.29 is 18.6 Å². The Hall–Kier alpha value is -1.98. The first-order valence-electron chi connectivity index (χ1n) is 8.64. The second-order valence-corrected chi connectivity index (χ2v) is 6.51. The molecule has 0 aromatic heterocycles. The Morgan fingerprint density at radius 3 is 2.76 bits per heavy atom. The van der Waals surface area contributed by atoms with Gasteiger partial charge in [0.15, 0.2) is 0 Å². The molecule has 0 bridgehead atoms. The highest BCUT2D eigenvalue weighted by Gasteiger charge is 2.21. The van der Waals surface area contributed by atoms with Crippen LogP contribution in [0.15, 0.2) is 36.4 Å².